The highest BCUT2D eigenvalue weighted by Gasteiger charge is 2.08. The zero-order chi connectivity index (χ0) is 19.6. The lowest BCUT2D eigenvalue weighted by Crippen LogP contribution is -2.17. The number of anilines is 1. The van der Waals surface area contributed by atoms with Crippen molar-refractivity contribution in [2.75, 3.05) is 19.0 Å². The number of nitrogens with zero attached hydrogens (tertiary/aromatic N) is 1. The van der Waals surface area contributed by atoms with E-state index in [2.05, 4.69) is 10.3 Å². The molecule has 0 fully saturated rings. The average molecular weight is 266 g/mol. The summed E-state index contributed by atoms with van der Waals surface area (Å²) in [5.74, 6) is 0.121. The first-order chi connectivity index (χ1) is 12.1. The van der Waals surface area contributed by atoms with E-state index in [-0.39, 0.29) is 40.8 Å². The van der Waals surface area contributed by atoms with E-state index < -0.39 is 25.1 Å². The molecule has 0 spiro atoms. The summed E-state index contributed by atoms with van der Waals surface area (Å²) in [6.45, 7) is -1.96. The second-order valence-electron chi connectivity index (χ2n) is 4.08. The van der Waals surface area contributed by atoms with Crippen molar-refractivity contribution < 1.29 is 14.3 Å². The molecule has 0 amide bonds. The fourth-order valence-corrected chi connectivity index (χ4v) is 1.74. The first-order valence-electron chi connectivity index (χ1n) is 9.53. The predicted octanol–water partition coefficient (Wildman–Crippen LogP) is 2.78. The molecule has 0 bridgehead atoms. The van der Waals surface area contributed by atoms with Gasteiger partial charge in [-0.2, -0.15) is 0 Å². The lowest BCUT2D eigenvalue weighted by molar-refractivity contribution is 0.415. The second-order valence-corrected chi connectivity index (χ2v) is 4.08. The summed E-state index contributed by atoms with van der Waals surface area (Å²) in [4.78, 5) is 4.00. The van der Waals surface area contributed by atoms with Crippen LogP contribution in [0.15, 0.2) is 30.4 Å². The van der Waals surface area contributed by atoms with Crippen LogP contribution in [-0.4, -0.2) is 24.7 Å². The SMILES string of the molecule is [2H]c1nc2c(NC(CCCN)C([2H])([2H])[2H])cc(OC)c([2H])c2c([2H])c1[2H]. The molecule has 1 atom stereocenters. The molecule has 2 aromatic rings. The molecule has 0 saturated heterocycles. The quantitative estimate of drug-likeness (QED) is 0.844. The summed E-state index contributed by atoms with van der Waals surface area (Å²) in [5, 5.41) is 2.94. The molecule has 0 saturated carbocycles. The Morgan fingerprint density at radius 3 is 3.26 bits per heavy atom. The predicted molar refractivity (Wildman–Crippen MR) is 79.7 cm³/mol. The van der Waals surface area contributed by atoms with Crippen LogP contribution in [-0.2, 0) is 0 Å². The van der Waals surface area contributed by atoms with Gasteiger partial charge in [-0.15, -0.1) is 0 Å². The maximum absolute atomic E-state index is 8.18. The number of hydrogen-bond donors (Lipinski definition) is 2. The Morgan fingerprint density at radius 1 is 1.63 bits per heavy atom. The molecule has 1 aromatic carbocycles. The fraction of sp³-hybridized carbons (Fsp3) is 0.400. The summed E-state index contributed by atoms with van der Waals surface area (Å²) in [6.07, 6.45) is 0.374. The van der Waals surface area contributed by atoms with Gasteiger partial charge in [-0.25, -0.2) is 0 Å². The number of hydrogen-bond acceptors (Lipinski definition) is 4. The number of methoxy groups -OCH3 is 1. The average Bonchev–Trinajstić information content (AvgIpc) is 2.57. The van der Waals surface area contributed by atoms with Gasteiger partial charge in [0.05, 0.1) is 23.8 Å². The number of fused-ring (bicyclic) bond motifs is 1. The van der Waals surface area contributed by atoms with Crippen molar-refractivity contribution in [3.63, 3.8) is 0 Å². The van der Waals surface area contributed by atoms with Crippen molar-refractivity contribution in [2.45, 2.75) is 25.7 Å². The molecule has 19 heavy (non-hydrogen) atoms. The number of aromatic nitrogens is 1. The molecule has 102 valence electrons. The number of rotatable bonds is 6. The van der Waals surface area contributed by atoms with Crippen LogP contribution in [0.4, 0.5) is 5.69 Å². The van der Waals surface area contributed by atoms with E-state index in [0.717, 1.165) is 0 Å². The van der Waals surface area contributed by atoms with Gasteiger partial charge in [0, 0.05) is 27.8 Å². The van der Waals surface area contributed by atoms with Crippen LogP contribution in [0.3, 0.4) is 0 Å². The first kappa shape index (κ1) is 7.10. The van der Waals surface area contributed by atoms with Crippen molar-refractivity contribution in [3.8, 4) is 5.75 Å². The van der Waals surface area contributed by atoms with Gasteiger partial charge in [0.15, 0.2) is 0 Å². The van der Waals surface area contributed by atoms with Crippen LogP contribution < -0.4 is 15.8 Å². The molecular formula is C15H21N3O. The van der Waals surface area contributed by atoms with Gasteiger partial charge in [0.1, 0.15) is 5.75 Å². The highest BCUT2D eigenvalue weighted by Crippen LogP contribution is 2.28. The van der Waals surface area contributed by atoms with Crippen LogP contribution in [0.25, 0.3) is 10.9 Å². The minimum Gasteiger partial charge on any atom is -0.497 e. The lowest BCUT2D eigenvalue weighted by Gasteiger charge is -2.17. The topological polar surface area (TPSA) is 60.2 Å². The molecule has 1 unspecified atom stereocenters. The zero-order valence-corrected chi connectivity index (χ0v) is 10.7. The highest BCUT2D eigenvalue weighted by atomic mass is 16.5. The minimum atomic E-state index is -2.31. The van der Waals surface area contributed by atoms with Gasteiger partial charge in [0.25, 0.3) is 0 Å². The number of nitrogens with two attached hydrogens (primary N) is 1. The number of pyridine rings is 1. The standard InChI is InChI=1S/C15H21N3O/c1-11(5-3-7-16)18-14-10-13(19-2)9-12-6-4-8-17-15(12)14/h4,6,8-11,18H,3,5,7,16H2,1-2H3/i1D3,4D,6D,8D,9D. The van der Waals surface area contributed by atoms with E-state index in [1.807, 2.05) is 0 Å². The Balaban J connectivity index is 2.67. The van der Waals surface area contributed by atoms with E-state index in [4.69, 9.17) is 20.1 Å². The van der Waals surface area contributed by atoms with Gasteiger partial charge in [0.2, 0.25) is 0 Å². The van der Waals surface area contributed by atoms with Crippen LogP contribution in [0.2, 0.25) is 0 Å². The molecule has 1 heterocycles. The van der Waals surface area contributed by atoms with Crippen LogP contribution in [0.1, 0.15) is 29.3 Å². The van der Waals surface area contributed by atoms with Crippen molar-refractivity contribution >= 4 is 16.6 Å². The summed E-state index contributed by atoms with van der Waals surface area (Å²) >= 11 is 0. The van der Waals surface area contributed by atoms with E-state index >= 15 is 0 Å². The van der Waals surface area contributed by atoms with Gasteiger partial charge in [-0.1, -0.05) is 6.04 Å². The van der Waals surface area contributed by atoms with Gasteiger partial charge < -0.3 is 15.8 Å². The third kappa shape index (κ3) is 3.35. The number of nitrogens with one attached hydrogen (secondary N) is 1. The number of benzene rings is 1. The third-order valence-corrected chi connectivity index (χ3v) is 2.67. The molecule has 0 aliphatic carbocycles. The molecule has 0 radical (unpaired) electrons. The maximum atomic E-state index is 8.18. The van der Waals surface area contributed by atoms with Gasteiger partial charge in [-0.3, -0.25) is 4.98 Å². The molecule has 0 aliphatic heterocycles. The molecule has 4 nitrogen and oxygen atoms in total. The zero-order valence-electron chi connectivity index (χ0n) is 17.7. The normalized spacial score (nSPS) is 18.3. The Bertz CT molecular complexity index is 810. The Hall–Kier alpha value is -1.81. The number of ether oxygens (including phenoxy) is 1. The van der Waals surface area contributed by atoms with E-state index in [0.29, 0.717) is 13.0 Å². The maximum Gasteiger partial charge on any atom is 0.121 e. The smallest absolute Gasteiger partial charge is 0.121 e. The molecule has 2 rings (SSSR count). The van der Waals surface area contributed by atoms with E-state index in [1.165, 1.54) is 13.2 Å². The van der Waals surface area contributed by atoms with Crippen molar-refractivity contribution in [1.82, 2.24) is 4.98 Å². The van der Waals surface area contributed by atoms with Gasteiger partial charge in [-0.05, 0) is 38.3 Å². The van der Waals surface area contributed by atoms with Crippen LogP contribution >= 0.6 is 0 Å². The van der Waals surface area contributed by atoms with Crippen molar-refractivity contribution in [3.05, 3.63) is 30.4 Å². The van der Waals surface area contributed by atoms with Crippen molar-refractivity contribution in [2.24, 2.45) is 5.73 Å². The minimum absolute atomic E-state index is 0.0379. The monoisotopic (exact) mass is 266 g/mol. The van der Waals surface area contributed by atoms with Gasteiger partial charge >= 0.3 is 0 Å². The van der Waals surface area contributed by atoms with Crippen molar-refractivity contribution in [1.29, 1.82) is 0 Å². The lowest BCUT2D eigenvalue weighted by atomic mass is 10.1. The molecular weight excluding hydrogens is 238 g/mol. The summed E-state index contributed by atoms with van der Waals surface area (Å²) in [6, 6.07) is -0.343. The Kier molecular flexibility index (Phi) is 2.39. The van der Waals surface area contributed by atoms with E-state index in [9.17, 15) is 0 Å². The Labute approximate surface area is 123 Å². The second kappa shape index (κ2) is 6.38. The Morgan fingerprint density at radius 2 is 2.53 bits per heavy atom. The summed E-state index contributed by atoms with van der Waals surface area (Å²) in [7, 11) is 1.36. The molecule has 1 aromatic heterocycles. The van der Waals surface area contributed by atoms with Crippen LogP contribution in [0, 0.1) is 0 Å². The van der Waals surface area contributed by atoms with Crippen LogP contribution in [0.5, 0.6) is 5.75 Å². The molecule has 3 N–H and O–H groups in total. The molecule has 4 heteroatoms. The highest BCUT2D eigenvalue weighted by molar-refractivity contribution is 5.91. The van der Waals surface area contributed by atoms with E-state index in [1.54, 1.807) is 0 Å². The first-order valence-corrected chi connectivity index (χ1v) is 6.03. The molecule has 0 aliphatic rings. The third-order valence-electron chi connectivity index (χ3n) is 2.67. The fourth-order valence-electron chi connectivity index (χ4n) is 1.74. The largest absolute Gasteiger partial charge is 0.497 e. The summed E-state index contributed by atoms with van der Waals surface area (Å²) < 4.78 is 60.1. The summed E-state index contributed by atoms with van der Waals surface area (Å²) in [5.41, 5.74) is 5.83.